The van der Waals surface area contributed by atoms with Gasteiger partial charge in [-0.15, -0.1) is 0 Å². The van der Waals surface area contributed by atoms with Gasteiger partial charge >= 0.3 is 6.09 Å². The molecule has 1 saturated heterocycles. The zero-order chi connectivity index (χ0) is 23.8. The van der Waals surface area contributed by atoms with Gasteiger partial charge in [0.25, 0.3) is 0 Å². The van der Waals surface area contributed by atoms with Gasteiger partial charge in [0.1, 0.15) is 5.60 Å². The Morgan fingerprint density at radius 1 is 1.09 bits per heavy atom. The summed E-state index contributed by atoms with van der Waals surface area (Å²) in [7, 11) is 0. The van der Waals surface area contributed by atoms with Crippen LogP contribution in [0.5, 0.6) is 0 Å². The maximum atomic E-state index is 13.8. The lowest BCUT2D eigenvalue weighted by Gasteiger charge is -2.41. The van der Waals surface area contributed by atoms with E-state index in [2.05, 4.69) is 0 Å². The first kappa shape index (κ1) is 23.4. The zero-order valence-corrected chi connectivity index (χ0v) is 18.9. The van der Waals surface area contributed by atoms with Gasteiger partial charge in [-0.1, -0.05) is 62.4 Å². The second-order valence-electron chi connectivity index (χ2n) is 9.42. The molecule has 2 aliphatic rings. The summed E-state index contributed by atoms with van der Waals surface area (Å²) in [5, 5.41) is 9.57. The van der Waals surface area contributed by atoms with Crippen molar-refractivity contribution in [1.29, 1.82) is 0 Å². The van der Waals surface area contributed by atoms with Crippen LogP contribution in [-0.2, 0) is 11.3 Å². The van der Waals surface area contributed by atoms with E-state index < -0.39 is 23.7 Å². The third kappa shape index (κ3) is 4.51. The summed E-state index contributed by atoms with van der Waals surface area (Å²) in [5.74, 6) is -3.02. The van der Waals surface area contributed by atoms with Crippen LogP contribution in [0.2, 0.25) is 0 Å². The number of alkyl halides is 2. The number of ether oxygens (including phenoxy) is 1. The van der Waals surface area contributed by atoms with Crippen molar-refractivity contribution in [2.24, 2.45) is 5.92 Å². The first-order chi connectivity index (χ1) is 15.7. The van der Waals surface area contributed by atoms with Gasteiger partial charge in [0.05, 0.1) is 19.2 Å². The van der Waals surface area contributed by atoms with Crippen molar-refractivity contribution in [3.8, 4) is 11.1 Å². The fourth-order valence-corrected chi connectivity index (χ4v) is 5.28. The Morgan fingerprint density at radius 2 is 1.73 bits per heavy atom. The van der Waals surface area contributed by atoms with Crippen molar-refractivity contribution >= 4 is 11.9 Å². The molecule has 1 heterocycles. The molecular formula is C26H29F2NO4. The van der Waals surface area contributed by atoms with E-state index in [0.29, 0.717) is 5.56 Å². The smallest absolute Gasteiger partial charge is 0.411 e. The number of ketones is 1. The van der Waals surface area contributed by atoms with E-state index in [0.717, 1.165) is 16.7 Å². The minimum Gasteiger partial charge on any atom is -0.441 e. The van der Waals surface area contributed by atoms with Crippen LogP contribution in [-0.4, -0.2) is 46.0 Å². The Hall–Kier alpha value is -2.80. The molecule has 2 aromatic rings. The van der Waals surface area contributed by atoms with Crippen molar-refractivity contribution in [2.75, 3.05) is 6.54 Å². The highest BCUT2D eigenvalue weighted by atomic mass is 19.3. The van der Waals surface area contributed by atoms with Crippen molar-refractivity contribution < 1.29 is 28.2 Å². The van der Waals surface area contributed by atoms with Crippen LogP contribution in [0.25, 0.3) is 11.1 Å². The lowest BCUT2D eigenvalue weighted by Crippen LogP contribution is -2.52. The predicted octanol–water partition coefficient (Wildman–Crippen LogP) is 5.45. The van der Waals surface area contributed by atoms with Crippen LogP contribution in [0.15, 0.2) is 48.5 Å². The average molecular weight is 458 g/mol. The largest absolute Gasteiger partial charge is 0.441 e. The van der Waals surface area contributed by atoms with Crippen molar-refractivity contribution in [1.82, 2.24) is 4.90 Å². The minimum absolute atomic E-state index is 0.0478. The average Bonchev–Trinajstić information content (AvgIpc) is 3.07. The molecule has 4 rings (SSSR count). The van der Waals surface area contributed by atoms with Crippen LogP contribution in [0.1, 0.15) is 55.5 Å². The fraction of sp³-hybridized carbons (Fsp3) is 0.462. The highest BCUT2D eigenvalue weighted by molar-refractivity contribution is 5.99. The van der Waals surface area contributed by atoms with Crippen LogP contribution < -0.4 is 0 Å². The number of Topliss-reactive ketones (excluding diaryl/α,β-unsaturated/α-hetero) is 1. The van der Waals surface area contributed by atoms with Gasteiger partial charge in [0, 0.05) is 18.4 Å². The van der Waals surface area contributed by atoms with Crippen molar-refractivity contribution in [3.63, 3.8) is 0 Å². The van der Waals surface area contributed by atoms with Crippen LogP contribution >= 0.6 is 0 Å². The number of nitrogens with zero attached hydrogens (tertiary/aromatic N) is 1. The summed E-state index contributed by atoms with van der Waals surface area (Å²) in [6, 6.07) is 14.1. The second-order valence-corrected chi connectivity index (χ2v) is 9.42. The number of hydrogen-bond acceptors (Lipinski definition) is 4. The summed E-state index contributed by atoms with van der Waals surface area (Å²) >= 11 is 0. The summed E-state index contributed by atoms with van der Waals surface area (Å²) in [5.41, 5.74) is 2.04. The van der Waals surface area contributed by atoms with Crippen LogP contribution in [0.3, 0.4) is 0 Å². The van der Waals surface area contributed by atoms with Gasteiger partial charge in [-0.05, 0) is 35.4 Å². The lowest BCUT2D eigenvalue weighted by atomic mass is 9.74. The molecule has 7 heteroatoms. The molecule has 5 nitrogen and oxygen atoms in total. The van der Waals surface area contributed by atoms with Gasteiger partial charge in [0.2, 0.25) is 5.92 Å². The van der Waals surface area contributed by atoms with Gasteiger partial charge < -0.3 is 9.84 Å². The number of halogens is 2. The highest BCUT2D eigenvalue weighted by Crippen LogP contribution is 2.48. The van der Waals surface area contributed by atoms with E-state index in [9.17, 15) is 23.5 Å². The molecule has 1 aliphatic heterocycles. The molecule has 0 aromatic heterocycles. The Balaban J connectivity index is 1.52. The maximum Gasteiger partial charge on any atom is 0.411 e. The molecule has 1 unspecified atom stereocenters. The summed E-state index contributed by atoms with van der Waals surface area (Å²) < 4.78 is 33.2. The number of carbonyl (C=O) groups excluding carboxylic acids is 2. The van der Waals surface area contributed by atoms with Crippen molar-refractivity contribution in [2.45, 2.75) is 63.7 Å². The molecule has 1 atom stereocenters. The summed E-state index contributed by atoms with van der Waals surface area (Å²) in [6.45, 7) is 3.60. The number of hydrogen-bond donors (Lipinski definition) is 1. The summed E-state index contributed by atoms with van der Waals surface area (Å²) in [4.78, 5) is 27.2. The van der Waals surface area contributed by atoms with E-state index in [-0.39, 0.29) is 50.5 Å². The number of aliphatic hydroxyl groups excluding tert-OH is 1. The Bertz CT molecular complexity index is 1020. The molecule has 2 aromatic carbocycles. The first-order valence-corrected chi connectivity index (χ1v) is 11.4. The van der Waals surface area contributed by atoms with Crippen LogP contribution in [0.4, 0.5) is 13.6 Å². The minimum atomic E-state index is -2.74. The van der Waals surface area contributed by atoms with Gasteiger partial charge in [-0.2, -0.15) is 0 Å². The molecule has 33 heavy (non-hydrogen) atoms. The lowest BCUT2D eigenvalue weighted by molar-refractivity contribution is -0.106. The standard InChI is InChI=1S/C26H29F2NO4/c1-17(2)23-25(11-13-26(27,28)14-12-25)33-24(32)29(23)15-22(31)19-9-7-18(8-10-19)21-6-4-3-5-20(21)16-30/h3-10,17,23,30H,11-16H2,1-2H3. The Labute approximate surface area is 192 Å². The fourth-order valence-electron chi connectivity index (χ4n) is 5.28. The topological polar surface area (TPSA) is 66.8 Å². The Kier molecular flexibility index (Phi) is 6.27. The van der Waals surface area contributed by atoms with E-state index in [1.165, 1.54) is 4.90 Å². The number of aliphatic hydroxyl groups is 1. The molecule has 1 amide bonds. The van der Waals surface area contributed by atoms with Gasteiger partial charge in [-0.25, -0.2) is 13.6 Å². The SMILES string of the molecule is CC(C)C1N(CC(=O)c2ccc(-c3ccccc3CO)cc2)C(=O)OC12CCC(F)(F)CC2. The third-order valence-electron chi connectivity index (χ3n) is 6.88. The molecular weight excluding hydrogens is 428 g/mol. The molecule has 2 fully saturated rings. The van der Waals surface area contributed by atoms with Gasteiger partial charge in [0.15, 0.2) is 5.78 Å². The molecule has 1 saturated carbocycles. The van der Waals surface area contributed by atoms with E-state index in [1.54, 1.807) is 12.1 Å². The van der Waals surface area contributed by atoms with E-state index in [1.807, 2.05) is 50.2 Å². The third-order valence-corrected chi connectivity index (χ3v) is 6.88. The Morgan fingerprint density at radius 3 is 2.33 bits per heavy atom. The molecule has 0 bridgehead atoms. The normalized spacial score (nSPS) is 21.5. The molecule has 1 N–H and O–H groups in total. The zero-order valence-electron chi connectivity index (χ0n) is 18.9. The van der Waals surface area contributed by atoms with Crippen molar-refractivity contribution in [3.05, 3.63) is 59.7 Å². The predicted molar refractivity (Wildman–Crippen MR) is 120 cm³/mol. The maximum absolute atomic E-state index is 13.8. The number of amides is 1. The first-order valence-electron chi connectivity index (χ1n) is 11.4. The molecule has 1 aliphatic carbocycles. The van der Waals surface area contributed by atoms with E-state index >= 15 is 0 Å². The molecule has 176 valence electrons. The number of rotatable bonds is 6. The quantitative estimate of drug-likeness (QED) is 0.586. The monoisotopic (exact) mass is 457 g/mol. The molecule has 1 spiro atoms. The summed E-state index contributed by atoms with van der Waals surface area (Å²) in [6.07, 6.45) is -1.05. The number of benzene rings is 2. The number of carbonyl (C=O) groups is 2. The highest BCUT2D eigenvalue weighted by Gasteiger charge is 2.58. The van der Waals surface area contributed by atoms with Crippen LogP contribution in [0, 0.1) is 5.92 Å². The van der Waals surface area contributed by atoms with Gasteiger partial charge in [-0.3, -0.25) is 9.69 Å². The second kappa shape index (κ2) is 8.86. The van der Waals surface area contributed by atoms with E-state index in [4.69, 9.17) is 4.74 Å². The molecule has 0 radical (unpaired) electrons.